The number of anilines is 1. The zero-order valence-electron chi connectivity index (χ0n) is 24.9. The number of halogens is 2. The maximum Gasteiger partial charge on any atom is 0.243 e. The lowest BCUT2D eigenvalue weighted by Gasteiger charge is -2.33. The molecule has 0 radical (unpaired) electrons. The van der Waals surface area contributed by atoms with Crippen molar-refractivity contribution in [3.05, 3.63) is 94.0 Å². The van der Waals surface area contributed by atoms with Gasteiger partial charge in [0.25, 0.3) is 0 Å². The molecular formula is C32H39Cl2N3O5S. The third-order valence-corrected chi connectivity index (χ3v) is 9.05. The Hall–Kier alpha value is -3.27. The summed E-state index contributed by atoms with van der Waals surface area (Å²) in [4.78, 5) is 29.2. The number of sulfonamides is 1. The van der Waals surface area contributed by atoms with Crippen molar-refractivity contribution in [2.75, 3.05) is 24.2 Å². The summed E-state index contributed by atoms with van der Waals surface area (Å²) in [7, 11) is -2.09. The molecule has 3 rings (SSSR count). The first-order valence-corrected chi connectivity index (χ1v) is 16.7. The predicted octanol–water partition coefficient (Wildman–Crippen LogP) is 6.10. The van der Waals surface area contributed by atoms with Crippen molar-refractivity contribution in [2.45, 2.75) is 58.2 Å². The third-order valence-electron chi connectivity index (χ3n) is 7.12. The number of hydrogen-bond acceptors (Lipinski definition) is 5. The fraction of sp³-hybridized carbons (Fsp3) is 0.375. The van der Waals surface area contributed by atoms with E-state index >= 15 is 0 Å². The second-order valence-electron chi connectivity index (χ2n) is 10.4. The SMILES string of the molecule is CC[C@@H](C)NC(=O)[C@@H](Cc1ccccc1)N(Cc1ccc(Cl)c(Cl)c1)C(=O)CCCN(c1ccc(OC)cc1)S(C)(=O)=O. The molecule has 0 aliphatic carbocycles. The molecule has 232 valence electrons. The molecule has 2 atom stereocenters. The first-order valence-electron chi connectivity index (χ1n) is 14.1. The van der Waals surface area contributed by atoms with Crippen LogP contribution in [0.25, 0.3) is 0 Å². The highest BCUT2D eigenvalue weighted by Crippen LogP contribution is 2.26. The minimum atomic E-state index is -3.62. The number of rotatable bonds is 15. The maximum atomic E-state index is 13.9. The maximum absolute atomic E-state index is 13.9. The van der Waals surface area contributed by atoms with Crippen LogP contribution < -0.4 is 14.4 Å². The fourth-order valence-electron chi connectivity index (χ4n) is 4.58. The Bertz CT molecular complexity index is 1470. The van der Waals surface area contributed by atoms with E-state index in [9.17, 15) is 18.0 Å². The summed E-state index contributed by atoms with van der Waals surface area (Å²) < 4.78 is 31.8. The highest BCUT2D eigenvalue weighted by atomic mass is 35.5. The Kier molecular flexibility index (Phi) is 12.7. The van der Waals surface area contributed by atoms with Crippen molar-refractivity contribution >= 4 is 50.7 Å². The Morgan fingerprint density at radius 1 is 0.953 bits per heavy atom. The van der Waals surface area contributed by atoms with Gasteiger partial charge in [0.15, 0.2) is 0 Å². The van der Waals surface area contributed by atoms with Gasteiger partial charge in [0.1, 0.15) is 11.8 Å². The first kappa shape index (κ1) is 34.2. The van der Waals surface area contributed by atoms with Crippen molar-refractivity contribution in [3.63, 3.8) is 0 Å². The van der Waals surface area contributed by atoms with Crippen molar-refractivity contribution in [3.8, 4) is 5.75 Å². The summed E-state index contributed by atoms with van der Waals surface area (Å²) in [5.74, 6) is 0.0579. The van der Waals surface area contributed by atoms with E-state index < -0.39 is 16.1 Å². The zero-order valence-corrected chi connectivity index (χ0v) is 27.3. The molecule has 3 aromatic carbocycles. The van der Waals surface area contributed by atoms with Crippen LogP contribution in [0.15, 0.2) is 72.8 Å². The number of ether oxygens (including phenoxy) is 1. The number of benzene rings is 3. The summed E-state index contributed by atoms with van der Waals surface area (Å²) in [5.41, 5.74) is 2.09. The van der Waals surface area contributed by atoms with Gasteiger partial charge in [-0.15, -0.1) is 0 Å². The molecule has 0 saturated heterocycles. The largest absolute Gasteiger partial charge is 0.497 e. The smallest absolute Gasteiger partial charge is 0.243 e. The summed E-state index contributed by atoms with van der Waals surface area (Å²) in [6.45, 7) is 4.10. The van der Waals surface area contributed by atoms with Gasteiger partial charge in [-0.2, -0.15) is 0 Å². The fourth-order valence-corrected chi connectivity index (χ4v) is 5.87. The molecule has 2 amide bonds. The van der Waals surface area contributed by atoms with Crippen LogP contribution in [0.2, 0.25) is 10.0 Å². The number of amides is 2. The van der Waals surface area contributed by atoms with Crippen molar-refractivity contribution in [1.82, 2.24) is 10.2 Å². The average molecular weight is 649 g/mol. The Morgan fingerprint density at radius 2 is 1.63 bits per heavy atom. The highest BCUT2D eigenvalue weighted by molar-refractivity contribution is 7.92. The topological polar surface area (TPSA) is 96.0 Å². The van der Waals surface area contributed by atoms with E-state index in [-0.39, 0.29) is 43.8 Å². The van der Waals surface area contributed by atoms with E-state index in [1.54, 1.807) is 47.4 Å². The molecule has 0 aliphatic rings. The van der Waals surface area contributed by atoms with E-state index in [1.165, 1.54) is 11.4 Å². The van der Waals surface area contributed by atoms with Crippen LogP contribution in [0.4, 0.5) is 5.69 Å². The number of nitrogens with one attached hydrogen (secondary N) is 1. The third kappa shape index (κ3) is 10.2. The number of carbonyl (C=O) groups excluding carboxylic acids is 2. The summed E-state index contributed by atoms with van der Waals surface area (Å²) in [6.07, 6.45) is 2.42. The number of methoxy groups -OCH3 is 1. The van der Waals surface area contributed by atoms with E-state index in [0.29, 0.717) is 33.5 Å². The van der Waals surface area contributed by atoms with Gasteiger partial charge in [0.2, 0.25) is 21.8 Å². The van der Waals surface area contributed by atoms with Gasteiger partial charge in [-0.05, 0) is 67.3 Å². The molecular weight excluding hydrogens is 609 g/mol. The predicted molar refractivity (Wildman–Crippen MR) is 173 cm³/mol. The van der Waals surface area contributed by atoms with Gasteiger partial charge in [-0.3, -0.25) is 13.9 Å². The van der Waals surface area contributed by atoms with Crippen LogP contribution in [0.5, 0.6) is 5.75 Å². The molecule has 0 saturated carbocycles. The lowest BCUT2D eigenvalue weighted by molar-refractivity contribution is -0.141. The molecule has 1 N–H and O–H groups in total. The van der Waals surface area contributed by atoms with Crippen LogP contribution in [0, 0.1) is 0 Å². The normalized spacial score (nSPS) is 12.7. The lowest BCUT2D eigenvalue weighted by Crippen LogP contribution is -2.52. The number of carbonyl (C=O) groups is 2. The molecule has 0 spiro atoms. The minimum absolute atomic E-state index is 0.0192. The van der Waals surface area contributed by atoms with Crippen LogP contribution >= 0.6 is 23.2 Å². The van der Waals surface area contributed by atoms with Gasteiger partial charge < -0.3 is 15.0 Å². The summed E-state index contributed by atoms with van der Waals surface area (Å²) >= 11 is 12.4. The van der Waals surface area contributed by atoms with Crippen molar-refractivity contribution in [2.24, 2.45) is 0 Å². The van der Waals surface area contributed by atoms with Gasteiger partial charge in [0, 0.05) is 32.0 Å². The van der Waals surface area contributed by atoms with Gasteiger partial charge in [-0.25, -0.2) is 8.42 Å². The molecule has 43 heavy (non-hydrogen) atoms. The van der Waals surface area contributed by atoms with E-state index in [0.717, 1.165) is 18.2 Å². The molecule has 0 bridgehead atoms. The molecule has 0 aromatic heterocycles. The summed E-state index contributed by atoms with van der Waals surface area (Å²) in [5, 5.41) is 3.77. The first-order chi connectivity index (χ1) is 20.4. The second-order valence-corrected chi connectivity index (χ2v) is 13.2. The second kappa shape index (κ2) is 16.0. The molecule has 3 aromatic rings. The molecule has 0 heterocycles. The average Bonchev–Trinajstić information content (AvgIpc) is 2.98. The van der Waals surface area contributed by atoms with Crippen LogP contribution in [0.3, 0.4) is 0 Å². The minimum Gasteiger partial charge on any atom is -0.497 e. The van der Waals surface area contributed by atoms with Crippen LogP contribution in [-0.4, -0.2) is 57.1 Å². The molecule has 8 nitrogen and oxygen atoms in total. The van der Waals surface area contributed by atoms with E-state index in [4.69, 9.17) is 27.9 Å². The molecule has 11 heteroatoms. The highest BCUT2D eigenvalue weighted by Gasteiger charge is 2.31. The van der Waals surface area contributed by atoms with E-state index in [2.05, 4.69) is 5.32 Å². The van der Waals surface area contributed by atoms with Gasteiger partial charge in [0.05, 0.1) is 29.1 Å². The lowest BCUT2D eigenvalue weighted by atomic mass is 10.0. The summed E-state index contributed by atoms with van der Waals surface area (Å²) in [6, 6.07) is 20.4. The Morgan fingerprint density at radius 3 is 2.21 bits per heavy atom. The van der Waals surface area contributed by atoms with Gasteiger partial charge in [-0.1, -0.05) is 66.5 Å². The van der Waals surface area contributed by atoms with Crippen LogP contribution in [-0.2, 0) is 32.6 Å². The van der Waals surface area contributed by atoms with Gasteiger partial charge >= 0.3 is 0 Å². The number of nitrogens with zero attached hydrogens (tertiary/aromatic N) is 2. The molecule has 0 fully saturated rings. The van der Waals surface area contributed by atoms with E-state index in [1.807, 2.05) is 44.2 Å². The molecule has 0 aliphatic heterocycles. The Labute approximate surface area is 265 Å². The Balaban J connectivity index is 1.90. The monoisotopic (exact) mass is 647 g/mol. The molecule has 0 unspecified atom stereocenters. The standard InChI is InChI=1S/C32H39Cl2N3O5S/c1-5-23(2)35-32(39)30(21-24-10-7-6-8-11-24)36(22-25-13-18-28(33)29(34)20-25)31(38)12-9-19-37(43(4,40)41)26-14-16-27(42-3)17-15-26/h6-8,10-11,13-18,20,23,30H,5,9,12,19,21-22H2,1-4H3,(H,35,39)/t23-,30-/m1/s1. The number of hydrogen-bond donors (Lipinski definition) is 1. The zero-order chi connectivity index (χ0) is 31.6. The quantitative estimate of drug-likeness (QED) is 0.215. The van der Waals surface area contributed by atoms with Crippen molar-refractivity contribution in [1.29, 1.82) is 0 Å². The van der Waals surface area contributed by atoms with Crippen LogP contribution in [0.1, 0.15) is 44.2 Å². The van der Waals surface area contributed by atoms with Crippen molar-refractivity contribution < 1.29 is 22.7 Å².